The van der Waals surface area contributed by atoms with Gasteiger partial charge in [0.1, 0.15) is 9.84 Å². The monoisotopic (exact) mass is 279 g/mol. The van der Waals surface area contributed by atoms with Crippen LogP contribution in [0, 0.1) is 0 Å². The summed E-state index contributed by atoms with van der Waals surface area (Å²) in [6.45, 7) is 4.03. The Bertz CT molecular complexity index is 321. The van der Waals surface area contributed by atoms with Gasteiger partial charge in [-0.15, -0.1) is 0 Å². The topological polar surface area (TPSA) is 46.2 Å². The van der Waals surface area contributed by atoms with Crippen molar-refractivity contribution in [2.24, 2.45) is 0 Å². The van der Waals surface area contributed by atoms with E-state index in [2.05, 4.69) is 12.2 Å². The predicted octanol–water partition coefficient (Wildman–Crippen LogP) is 2.07. The number of rotatable bonds is 7. The van der Waals surface area contributed by atoms with E-state index in [4.69, 9.17) is 0 Å². The van der Waals surface area contributed by atoms with Crippen LogP contribution in [0.4, 0.5) is 0 Å². The highest BCUT2D eigenvalue weighted by Crippen LogP contribution is 2.41. The normalized spacial score (nSPS) is 27.2. The molecule has 102 valence electrons. The molecule has 5 heteroatoms. The van der Waals surface area contributed by atoms with Crippen molar-refractivity contribution in [3.8, 4) is 0 Å². The van der Waals surface area contributed by atoms with Crippen molar-refractivity contribution in [2.75, 3.05) is 24.3 Å². The second-order valence-corrected chi connectivity index (χ2v) is 9.09. The summed E-state index contributed by atoms with van der Waals surface area (Å²) < 4.78 is 23.2. The predicted molar refractivity (Wildman–Crippen MR) is 76.5 cm³/mol. The van der Waals surface area contributed by atoms with E-state index in [0.29, 0.717) is 16.5 Å². The SMILES string of the molecule is CCS(=O)(=O)CCCC(NC)C1(C)CCCS1. The Morgan fingerprint density at radius 2 is 2.18 bits per heavy atom. The molecule has 0 bridgehead atoms. The van der Waals surface area contributed by atoms with Gasteiger partial charge in [0.05, 0.1) is 5.75 Å². The molecule has 1 rings (SSSR count). The minimum atomic E-state index is -2.80. The largest absolute Gasteiger partial charge is 0.316 e. The van der Waals surface area contributed by atoms with E-state index in [1.54, 1.807) is 6.92 Å². The lowest BCUT2D eigenvalue weighted by molar-refractivity contribution is 0.400. The quantitative estimate of drug-likeness (QED) is 0.775. The average molecular weight is 279 g/mol. The molecular formula is C12H25NO2S2. The van der Waals surface area contributed by atoms with Gasteiger partial charge in [0, 0.05) is 16.5 Å². The van der Waals surface area contributed by atoms with E-state index in [9.17, 15) is 8.42 Å². The van der Waals surface area contributed by atoms with Crippen LogP contribution in [0.15, 0.2) is 0 Å². The fourth-order valence-corrected chi connectivity index (χ4v) is 4.86. The maximum absolute atomic E-state index is 11.4. The number of hydrogen-bond donors (Lipinski definition) is 1. The van der Waals surface area contributed by atoms with Gasteiger partial charge in [0.2, 0.25) is 0 Å². The second kappa shape index (κ2) is 6.43. The summed E-state index contributed by atoms with van der Waals surface area (Å²) in [6.07, 6.45) is 4.26. The zero-order chi connectivity index (χ0) is 12.9. The van der Waals surface area contributed by atoms with Crippen molar-refractivity contribution in [1.29, 1.82) is 0 Å². The van der Waals surface area contributed by atoms with Gasteiger partial charge in [-0.1, -0.05) is 6.92 Å². The molecule has 1 N–H and O–H groups in total. The van der Waals surface area contributed by atoms with Crippen LogP contribution in [-0.4, -0.2) is 43.5 Å². The average Bonchev–Trinajstić information content (AvgIpc) is 2.72. The summed E-state index contributed by atoms with van der Waals surface area (Å²) in [5, 5.41) is 3.37. The number of sulfone groups is 1. The second-order valence-electron chi connectivity index (χ2n) is 4.98. The third-order valence-corrected chi connectivity index (χ3v) is 7.15. The Morgan fingerprint density at radius 1 is 1.47 bits per heavy atom. The Hall–Kier alpha value is 0.260. The molecule has 0 amide bonds. The Morgan fingerprint density at radius 3 is 2.65 bits per heavy atom. The molecule has 0 saturated carbocycles. The summed E-state index contributed by atoms with van der Waals surface area (Å²) in [7, 11) is -0.812. The van der Waals surface area contributed by atoms with Gasteiger partial charge in [-0.2, -0.15) is 11.8 Å². The van der Waals surface area contributed by atoms with Crippen LogP contribution in [0.25, 0.3) is 0 Å². The minimum absolute atomic E-state index is 0.267. The molecule has 0 aliphatic carbocycles. The third-order valence-electron chi connectivity index (χ3n) is 3.72. The molecule has 1 aliphatic heterocycles. The lowest BCUT2D eigenvalue weighted by atomic mass is 9.93. The molecule has 17 heavy (non-hydrogen) atoms. The Kier molecular flexibility index (Phi) is 5.80. The molecule has 1 fully saturated rings. The molecule has 0 aromatic carbocycles. The number of hydrogen-bond acceptors (Lipinski definition) is 4. The molecule has 2 unspecified atom stereocenters. The van der Waals surface area contributed by atoms with Crippen molar-refractivity contribution >= 4 is 21.6 Å². The van der Waals surface area contributed by atoms with Gasteiger partial charge >= 0.3 is 0 Å². The Labute approximate surface area is 110 Å². The van der Waals surface area contributed by atoms with Crippen molar-refractivity contribution in [1.82, 2.24) is 5.32 Å². The zero-order valence-corrected chi connectivity index (χ0v) is 12.8. The van der Waals surface area contributed by atoms with Gasteiger partial charge in [-0.3, -0.25) is 0 Å². The fourth-order valence-electron chi connectivity index (χ4n) is 2.48. The van der Waals surface area contributed by atoms with Gasteiger partial charge in [-0.05, 0) is 45.4 Å². The van der Waals surface area contributed by atoms with Crippen LogP contribution in [0.3, 0.4) is 0 Å². The van der Waals surface area contributed by atoms with Crippen LogP contribution >= 0.6 is 11.8 Å². The molecule has 3 nitrogen and oxygen atoms in total. The van der Waals surface area contributed by atoms with Gasteiger partial charge in [0.15, 0.2) is 0 Å². The molecule has 0 spiro atoms. The molecule has 0 aromatic rings. The highest BCUT2D eigenvalue weighted by atomic mass is 32.2. The summed E-state index contributed by atoms with van der Waals surface area (Å²) in [4.78, 5) is 0. The lowest BCUT2D eigenvalue weighted by Crippen LogP contribution is -2.43. The first kappa shape index (κ1) is 15.3. The van der Waals surface area contributed by atoms with E-state index in [-0.39, 0.29) is 5.75 Å². The van der Waals surface area contributed by atoms with E-state index in [1.807, 2.05) is 18.8 Å². The van der Waals surface area contributed by atoms with Crippen LogP contribution in [-0.2, 0) is 9.84 Å². The molecule has 1 saturated heterocycles. The van der Waals surface area contributed by atoms with Crippen molar-refractivity contribution in [3.05, 3.63) is 0 Å². The van der Waals surface area contributed by atoms with E-state index in [1.165, 1.54) is 18.6 Å². The van der Waals surface area contributed by atoms with Gasteiger partial charge in [-0.25, -0.2) is 8.42 Å². The molecule has 1 aliphatic rings. The van der Waals surface area contributed by atoms with Crippen molar-refractivity contribution in [2.45, 2.75) is 50.3 Å². The minimum Gasteiger partial charge on any atom is -0.316 e. The van der Waals surface area contributed by atoms with E-state index < -0.39 is 9.84 Å². The number of thioether (sulfide) groups is 1. The van der Waals surface area contributed by atoms with E-state index in [0.717, 1.165) is 12.8 Å². The van der Waals surface area contributed by atoms with Crippen LogP contribution in [0.1, 0.15) is 39.5 Å². The maximum atomic E-state index is 11.4. The summed E-state index contributed by atoms with van der Waals surface area (Å²) in [6, 6.07) is 0.432. The molecule has 2 atom stereocenters. The first-order valence-electron chi connectivity index (χ1n) is 6.45. The summed E-state index contributed by atoms with van der Waals surface area (Å²) in [5.41, 5.74) is 0. The third kappa shape index (κ3) is 4.45. The van der Waals surface area contributed by atoms with Crippen molar-refractivity contribution in [3.63, 3.8) is 0 Å². The Balaban J connectivity index is 2.43. The molecule has 1 heterocycles. The maximum Gasteiger partial charge on any atom is 0.150 e. The summed E-state index contributed by atoms with van der Waals surface area (Å²) in [5.74, 6) is 1.84. The van der Waals surface area contributed by atoms with Gasteiger partial charge < -0.3 is 5.32 Å². The van der Waals surface area contributed by atoms with Gasteiger partial charge in [0.25, 0.3) is 0 Å². The summed E-state index contributed by atoms with van der Waals surface area (Å²) >= 11 is 2.03. The number of nitrogens with one attached hydrogen (secondary N) is 1. The highest BCUT2D eigenvalue weighted by Gasteiger charge is 2.36. The lowest BCUT2D eigenvalue weighted by Gasteiger charge is -2.33. The van der Waals surface area contributed by atoms with E-state index >= 15 is 0 Å². The molecule has 0 aromatic heterocycles. The zero-order valence-electron chi connectivity index (χ0n) is 11.2. The standard InChI is InChI=1S/C12H25NO2S2/c1-4-17(14,15)10-5-7-11(13-3)12(2)8-6-9-16-12/h11,13H,4-10H2,1-3H3. The smallest absolute Gasteiger partial charge is 0.150 e. The fraction of sp³-hybridized carbons (Fsp3) is 1.00. The highest BCUT2D eigenvalue weighted by molar-refractivity contribution is 8.00. The van der Waals surface area contributed by atoms with Crippen molar-refractivity contribution < 1.29 is 8.42 Å². The van der Waals surface area contributed by atoms with Crippen LogP contribution in [0.5, 0.6) is 0 Å². The first-order chi connectivity index (χ1) is 7.93. The van der Waals surface area contributed by atoms with Crippen LogP contribution < -0.4 is 5.32 Å². The molecular weight excluding hydrogens is 254 g/mol. The molecule has 0 radical (unpaired) electrons. The van der Waals surface area contributed by atoms with Crippen LogP contribution in [0.2, 0.25) is 0 Å². The first-order valence-corrected chi connectivity index (χ1v) is 9.26.